The molecule has 0 atom stereocenters. The third-order valence-electron chi connectivity index (χ3n) is 4.01. The first-order valence-electron chi connectivity index (χ1n) is 7.84. The molecule has 0 aliphatic carbocycles. The number of ketones is 1. The number of nitrogens with zero attached hydrogens (tertiary/aromatic N) is 2. The van der Waals surface area contributed by atoms with E-state index in [-0.39, 0.29) is 23.7 Å². The normalized spacial score (nSPS) is 10.6. The monoisotopic (exact) mass is 335 g/mol. The van der Waals surface area contributed by atoms with Gasteiger partial charge in [-0.05, 0) is 18.6 Å². The van der Waals surface area contributed by atoms with Crippen LogP contribution in [0.15, 0.2) is 48.5 Å². The van der Waals surface area contributed by atoms with E-state index in [0.29, 0.717) is 16.6 Å². The Bertz CT molecular complexity index is 966. The molecule has 0 spiro atoms. The number of para-hydroxylation sites is 2. The Kier molecular flexibility index (Phi) is 4.43. The SMILES string of the molecule is CC(=O)c1ccc(CNC(=O)c2nc3ccccc3[n+]([O-])c2C)cc1. The van der Waals surface area contributed by atoms with Gasteiger partial charge in [0.25, 0.3) is 5.91 Å². The number of Topliss-reactive ketones (excluding diaryl/α,β-unsaturated/α-hetero) is 1. The van der Waals surface area contributed by atoms with Crippen LogP contribution in [0.5, 0.6) is 0 Å². The summed E-state index contributed by atoms with van der Waals surface area (Å²) >= 11 is 0. The fourth-order valence-electron chi connectivity index (χ4n) is 2.55. The number of amides is 1. The van der Waals surface area contributed by atoms with Crippen molar-refractivity contribution >= 4 is 22.7 Å². The van der Waals surface area contributed by atoms with Crippen molar-refractivity contribution in [2.75, 3.05) is 0 Å². The standard InChI is InChI=1S/C19H17N3O3/c1-12-18(21-16-5-3-4-6-17(16)22(12)25)19(24)20-11-14-7-9-15(10-8-14)13(2)23/h3-10H,11H2,1-2H3,(H,20,24). The molecule has 6 nitrogen and oxygen atoms in total. The van der Waals surface area contributed by atoms with Crippen molar-refractivity contribution in [2.45, 2.75) is 20.4 Å². The summed E-state index contributed by atoms with van der Waals surface area (Å²) in [5, 5.41) is 15.1. The molecule has 3 rings (SSSR count). The van der Waals surface area contributed by atoms with E-state index in [1.165, 1.54) is 6.92 Å². The molecule has 0 aliphatic heterocycles. The second-order valence-corrected chi connectivity index (χ2v) is 5.76. The van der Waals surface area contributed by atoms with Crippen LogP contribution >= 0.6 is 0 Å². The van der Waals surface area contributed by atoms with Crippen LogP contribution in [0.4, 0.5) is 0 Å². The lowest BCUT2D eigenvalue weighted by Gasteiger charge is -2.10. The van der Waals surface area contributed by atoms with Crippen molar-refractivity contribution in [1.29, 1.82) is 0 Å². The number of aromatic nitrogens is 2. The van der Waals surface area contributed by atoms with Crippen molar-refractivity contribution in [2.24, 2.45) is 0 Å². The van der Waals surface area contributed by atoms with Crippen LogP contribution in [-0.4, -0.2) is 16.7 Å². The van der Waals surface area contributed by atoms with Gasteiger partial charge in [-0.2, -0.15) is 4.73 Å². The van der Waals surface area contributed by atoms with Gasteiger partial charge in [-0.1, -0.05) is 36.4 Å². The van der Waals surface area contributed by atoms with Crippen molar-refractivity contribution in [3.8, 4) is 0 Å². The van der Waals surface area contributed by atoms with Crippen molar-refractivity contribution in [3.05, 3.63) is 76.3 Å². The van der Waals surface area contributed by atoms with Gasteiger partial charge in [0.05, 0.1) is 0 Å². The van der Waals surface area contributed by atoms with Crippen LogP contribution in [-0.2, 0) is 6.54 Å². The highest BCUT2D eigenvalue weighted by Crippen LogP contribution is 2.11. The Morgan fingerprint density at radius 1 is 1.12 bits per heavy atom. The van der Waals surface area contributed by atoms with Gasteiger partial charge in [0.15, 0.2) is 11.5 Å². The van der Waals surface area contributed by atoms with Gasteiger partial charge >= 0.3 is 0 Å². The van der Waals surface area contributed by atoms with E-state index in [1.807, 2.05) is 0 Å². The van der Waals surface area contributed by atoms with Gasteiger partial charge in [0, 0.05) is 25.1 Å². The van der Waals surface area contributed by atoms with Crippen LogP contribution < -0.4 is 10.0 Å². The Morgan fingerprint density at radius 3 is 2.48 bits per heavy atom. The highest BCUT2D eigenvalue weighted by atomic mass is 16.5. The largest absolute Gasteiger partial charge is 0.618 e. The van der Waals surface area contributed by atoms with Gasteiger partial charge < -0.3 is 10.5 Å². The molecular formula is C19H17N3O3. The summed E-state index contributed by atoms with van der Waals surface area (Å²) in [4.78, 5) is 28.0. The Morgan fingerprint density at radius 2 is 1.80 bits per heavy atom. The lowest BCUT2D eigenvalue weighted by Crippen LogP contribution is -2.36. The fourth-order valence-corrected chi connectivity index (χ4v) is 2.55. The number of benzene rings is 2. The van der Waals surface area contributed by atoms with Gasteiger partial charge in [-0.25, -0.2) is 4.98 Å². The minimum absolute atomic E-state index is 0.00780. The zero-order valence-electron chi connectivity index (χ0n) is 13.9. The Labute approximate surface area is 144 Å². The average Bonchev–Trinajstić information content (AvgIpc) is 2.63. The number of nitrogens with one attached hydrogen (secondary N) is 1. The van der Waals surface area contributed by atoms with E-state index in [9.17, 15) is 14.8 Å². The summed E-state index contributed by atoms with van der Waals surface area (Å²) in [5.74, 6) is -0.421. The Balaban J connectivity index is 1.80. The second kappa shape index (κ2) is 6.68. The molecule has 0 fully saturated rings. The minimum Gasteiger partial charge on any atom is -0.618 e. The average molecular weight is 335 g/mol. The van der Waals surface area contributed by atoms with E-state index >= 15 is 0 Å². The number of hydrogen-bond acceptors (Lipinski definition) is 4. The van der Waals surface area contributed by atoms with Gasteiger partial charge in [0.1, 0.15) is 5.52 Å². The summed E-state index contributed by atoms with van der Waals surface area (Å²) in [6.45, 7) is 3.36. The molecule has 0 unspecified atom stereocenters. The van der Waals surface area contributed by atoms with E-state index in [4.69, 9.17) is 0 Å². The second-order valence-electron chi connectivity index (χ2n) is 5.76. The summed E-state index contributed by atoms with van der Waals surface area (Å²) in [7, 11) is 0. The van der Waals surface area contributed by atoms with Crippen molar-refractivity contribution in [3.63, 3.8) is 0 Å². The predicted molar refractivity (Wildman–Crippen MR) is 93.1 cm³/mol. The summed E-state index contributed by atoms with van der Waals surface area (Å²) in [6.07, 6.45) is 0. The van der Waals surface area contributed by atoms with Crippen molar-refractivity contribution < 1.29 is 14.3 Å². The van der Waals surface area contributed by atoms with E-state index in [0.717, 1.165) is 10.3 Å². The first-order chi connectivity index (χ1) is 12.0. The number of carbonyl (C=O) groups is 2. The lowest BCUT2D eigenvalue weighted by atomic mass is 10.1. The van der Waals surface area contributed by atoms with Gasteiger partial charge in [0.2, 0.25) is 11.2 Å². The summed E-state index contributed by atoms with van der Waals surface area (Å²) in [6, 6.07) is 13.9. The molecule has 0 saturated heterocycles. The third-order valence-corrected chi connectivity index (χ3v) is 4.01. The third kappa shape index (κ3) is 3.33. The zero-order valence-corrected chi connectivity index (χ0v) is 13.9. The van der Waals surface area contributed by atoms with Gasteiger partial charge in [-0.15, -0.1) is 0 Å². The highest BCUT2D eigenvalue weighted by Gasteiger charge is 2.20. The first-order valence-corrected chi connectivity index (χ1v) is 7.84. The molecule has 25 heavy (non-hydrogen) atoms. The number of fused-ring (bicyclic) bond motifs is 1. The number of hydrogen-bond donors (Lipinski definition) is 1. The van der Waals surface area contributed by atoms with E-state index in [2.05, 4.69) is 10.3 Å². The van der Waals surface area contributed by atoms with Crippen LogP contribution in [0.3, 0.4) is 0 Å². The first kappa shape index (κ1) is 16.6. The zero-order chi connectivity index (χ0) is 18.0. The molecule has 3 aromatic rings. The number of carbonyl (C=O) groups excluding carboxylic acids is 2. The molecule has 1 N–H and O–H groups in total. The molecular weight excluding hydrogens is 318 g/mol. The smallest absolute Gasteiger partial charge is 0.276 e. The molecule has 0 saturated carbocycles. The maximum absolute atomic E-state index is 12.4. The maximum Gasteiger partial charge on any atom is 0.276 e. The molecule has 0 radical (unpaired) electrons. The van der Waals surface area contributed by atoms with Crippen LogP contribution in [0.2, 0.25) is 0 Å². The molecule has 1 aromatic heterocycles. The molecule has 0 bridgehead atoms. The maximum atomic E-state index is 12.4. The Hall–Kier alpha value is -3.28. The fraction of sp³-hybridized carbons (Fsp3) is 0.158. The highest BCUT2D eigenvalue weighted by molar-refractivity contribution is 5.95. The predicted octanol–water partition coefficient (Wildman–Crippen LogP) is 2.31. The molecule has 0 aliphatic rings. The van der Waals surface area contributed by atoms with Gasteiger partial charge in [-0.3, -0.25) is 9.59 Å². The molecule has 1 amide bonds. The minimum atomic E-state index is -0.413. The van der Waals surface area contributed by atoms with Crippen LogP contribution in [0.1, 0.15) is 39.0 Å². The molecule has 6 heteroatoms. The summed E-state index contributed by atoms with van der Waals surface area (Å²) in [5.41, 5.74) is 2.73. The quantitative estimate of drug-likeness (QED) is 0.450. The number of rotatable bonds is 4. The van der Waals surface area contributed by atoms with Crippen molar-refractivity contribution in [1.82, 2.24) is 10.3 Å². The van der Waals surface area contributed by atoms with E-state index in [1.54, 1.807) is 55.5 Å². The van der Waals surface area contributed by atoms with Crippen LogP contribution in [0.25, 0.3) is 11.0 Å². The molecule has 1 heterocycles. The topological polar surface area (TPSA) is 86.0 Å². The molecule has 126 valence electrons. The lowest BCUT2D eigenvalue weighted by molar-refractivity contribution is -0.584. The van der Waals surface area contributed by atoms with E-state index < -0.39 is 5.91 Å². The molecule has 2 aromatic carbocycles. The van der Waals surface area contributed by atoms with Crippen LogP contribution in [0, 0.1) is 12.1 Å². The summed E-state index contributed by atoms with van der Waals surface area (Å²) < 4.78 is 0.721.